The van der Waals surface area contributed by atoms with E-state index in [9.17, 15) is 9.90 Å². The van der Waals surface area contributed by atoms with Gasteiger partial charge in [0.1, 0.15) is 0 Å². The Labute approximate surface area is 131 Å². The molecule has 1 heterocycles. The first-order valence-corrected chi connectivity index (χ1v) is 8.77. The van der Waals surface area contributed by atoms with E-state index in [4.69, 9.17) is 9.47 Å². The first-order valence-electron chi connectivity index (χ1n) is 8.77. The maximum absolute atomic E-state index is 11.6. The summed E-state index contributed by atoms with van der Waals surface area (Å²) in [6.07, 6.45) is 11.3. The van der Waals surface area contributed by atoms with E-state index in [-0.39, 0.29) is 5.41 Å². The van der Waals surface area contributed by atoms with Crippen LogP contribution in [0.25, 0.3) is 0 Å². The zero-order valence-electron chi connectivity index (χ0n) is 13.1. The Balaban J connectivity index is 1.40. The third-order valence-corrected chi connectivity index (χ3v) is 6.19. The van der Waals surface area contributed by atoms with E-state index >= 15 is 0 Å². The number of ether oxygens (including phenoxy) is 2. The molecule has 4 bridgehead atoms. The van der Waals surface area contributed by atoms with Crippen LogP contribution < -0.4 is 0 Å². The monoisotopic (exact) mass is 306 g/mol. The second-order valence-electron chi connectivity index (χ2n) is 8.16. The summed E-state index contributed by atoms with van der Waals surface area (Å²) >= 11 is 0. The molecule has 4 nitrogen and oxygen atoms in total. The van der Waals surface area contributed by atoms with Gasteiger partial charge in [0.2, 0.25) is 0 Å². The van der Waals surface area contributed by atoms with Crippen molar-refractivity contribution in [3.63, 3.8) is 0 Å². The SMILES string of the molecule is O=C(O)C(=COCCC1CO1)CC12CC3CC(CC(C3)C1)C2. The highest BCUT2D eigenvalue weighted by Crippen LogP contribution is 2.62. The van der Waals surface area contributed by atoms with Gasteiger partial charge < -0.3 is 14.6 Å². The van der Waals surface area contributed by atoms with Gasteiger partial charge in [-0.1, -0.05) is 0 Å². The van der Waals surface area contributed by atoms with Crippen molar-refractivity contribution in [1.82, 2.24) is 0 Å². The van der Waals surface area contributed by atoms with Crippen molar-refractivity contribution in [2.45, 2.75) is 57.5 Å². The average Bonchev–Trinajstić information content (AvgIpc) is 3.24. The predicted molar refractivity (Wildman–Crippen MR) is 81.2 cm³/mol. The van der Waals surface area contributed by atoms with E-state index < -0.39 is 5.97 Å². The van der Waals surface area contributed by atoms with Crippen LogP contribution in [0.15, 0.2) is 11.8 Å². The molecule has 1 atom stereocenters. The van der Waals surface area contributed by atoms with Gasteiger partial charge in [-0.2, -0.15) is 0 Å². The van der Waals surface area contributed by atoms with E-state index in [1.807, 2.05) is 0 Å². The minimum Gasteiger partial charge on any atom is -0.501 e. The fourth-order valence-electron chi connectivity index (χ4n) is 5.67. The summed E-state index contributed by atoms with van der Waals surface area (Å²) in [5, 5.41) is 9.52. The lowest BCUT2D eigenvalue weighted by molar-refractivity contribution is -0.134. The molecule has 5 fully saturated rings. The van der Waals surface area contributed by atoms with Gasteiger partial charge in [-0.05, 0) is 68.1 Å². The van der Waals surface area contributed by atoms with E-state index in [0.29, 0.717) is 24.7 Å². The Morgan fingerprint density at radius 2 is 1.77 bits per heavy atom. The Hall–Kier alpha value is -1.03. The van der Waals surface area contributed by atoms with Gasteiger partial charge in [-0.15, -0.1) is 0 Å². The number of hydrogen-bond acceptors (Lipinski definition) is 3. The van der Waals surface area contributed by atoms with Crippen LogP contribution in [0, 0.1) is 23.2 Å². The molecule has 0 aromatic carbocycles. The smallest absolute Gasteiger partial charge is 0.334 e. The molecule has 1 saturated heterocycles. The normalized spacial score (nSPS) is 42.5. The summed E-state index contributed by atoms with van der Waals surface area (Å²) in [7, 11) is 0. The molecule has 0 radical (unpaired) electrons. The largest absolute Gasteiger partial charge is 0.501 e. The second kappa shape index (κ2) is 5.55. The molecule has 5 rings (SSSR count). The summed E-state index contributed by atoms with van der Waals surface area (Å²) in [5.41, 5.74) is 0.723. The second-order valence-corrected chi connectivity index (χ2v) is 8.16. The highest BCUT2D eigenvalue weighted by Gasteiger charge is 2.51. The average molecular weight is 306 g/mol. The topological polar surface area (TPSA) is 59.1 Å². The van der Waals surface area contributed by atoms with E-state index in [1.54, 1.807) is 0 Å². The van der Waals surface area contributed by atoms with Gasteiger partial charge in [0.05, 0.1) is 31.2 Å². The van der Waals surface area contributed by atoms with Crippen LogP contribution in [0.3, 0.4) is 0 Å². The molecule has 1 aliphatic heterocycles. The Bertz CT molecular complexity index is 442. The molecule has 122 valence electrons. The fourth-order valence-corrected chi connectivity index (χ4v) is 5.67. The molecule has 4 saturated carbocycles. The lowest BCUT2D eigenvalue weighted by Gasteiger charge is -2.57. The number of aliphatic carboxylic acids is 1. The highest BCUT2D eigenvalue weighted by atomic mass is 16.6. The number of carboxylic acids is 1. The van der Waals surface area contributed by atoms with Crippen molar-refractivity contribution in [3.8, 4) is 0 Å². The van der Waals surface area contributed by atoms with Crippen LogP contribution in [0.5, 0.6) is 0 Å². The van der Waals surface area contributed by atoms with Gasteiger partial charge in [0, 0.05) is 6.42 Å². The Kier molecular flexibility index (Phi) is 3.67. The van der Waals surface area contributed by atoms with Gasteiger partial charge in [-0.25, -0.2) is 4.79 Å². The van der Waals surface area contributed by atoms with Crippen molar-refractivity contribution >= 4 is 5.97 Å². The summed E-state index contributed by atoms with van der Waals surface area (Å²) in [5.74, 6) is 1.76. The molecule has 0 spiro atoms. The van der Waals surface area contributed by atoms with Gasteiger partial charge in [-0.3, -0.25) is 0 Å². The molecule has 1 N–H and O–H groups in total. The summed E-state index contributed by atoms with van der Waals surface area (Å²) < 4.78 is 10.6. The maximum atomic E-state index is 11.6. The molecule has 22 heavy (non-hydrogen) atoms. The van der Waals surface area contributed by atoms with Crippen LogP contribution in [0.4, 0.5) is 0 Å². The molecule has 1 unspecified atom stereocenters. The summed E-state index contributed by atoms with van der Waals surface area (Å²) in [6.45, 7) is 1.38. The minimum absolute atomic E-state index is 0.252. The molecule has 0 aromatic rings. The fraction of sp³-hybridized carbons (Fsp3) is 0.833. The lowest BCUT2D eigenvalue weighted by atomic mass is 9.48. The third kappa shape index (κ3) is 3.03. The zero-order valence-corrected chi connectivity index (χ0v) is 13.1. The molecule has 4 aliphatic carbocycles. The van der Waals surface area contributed by atoms with E-state index in [0.717, 1.165) is 30.8 Å². The van der Waals surface area contributed by atoms with Gasteiger partial charge in [0.25, 0.3) is 0 Å². The number of carbonyl (C=O) groups is 1. The summed E-state index contributed by atoms with van der Waals surface area (Å²) in [6, 6.07) is 0. The van der Waals surface area contributed by atoms with Crippen LogP contribution in [0.2, 0.25) is 0 Å². The van der Waals surface area contributed by atoms with Crippen LogP contribution in [-0.2, 0) is 14.3 Å². The summed E-state index contributed by atoms with van der Waals surface area (Å²) in [4.78, 5) is 11.6. The molecule has 0 aromatic heterocycles. The van der Waals surface area contributed by atoms with Crippen LogP contribution in [0.1, 0.15) is 51.4 Å². The van der Waals surface area contributed by atoms with Crippen molar-refractivity contribution in [1.29, 1.82) is 0 Å². The Morgan fingerprint density at radius 3 is 2.27 bits per heavy atom. The Morgan fingerprint density at radius 1 is 1.18 bits per heavy atom. The molecular formula is C18H26O4. The number of rotatable bonds is 7. The predicted octanol–water partition coefficient (Wildman–Crippen LogP) is 3.37. The number of hydrogen-bond donors (Lipinski definition) is 1. The van der Waals surface area contributed by atoms with Crippen molar-refractivity contribution in [2.24, 2.45) is 23.2 Å². The highest BCUT2D eigenvalue weighted by molar-refractivity contribution is 5.86. The molecule has 4 heteroatoms. The van der Waals surface area contributed by atoms with Crippen molar-refractivity contribution < 1.29 is 19.4 Å². The number of carboxylic acid groups (broad SMARTS) is 1. The number of epoxide rings is 1. The first-order chi connectivity index (χ1) is 10.6. The zero-order chi connectivity index (χ0) is 15.2. The molecule has 0 amide bonds. The maximum Gasteiger partial charge on any atom is 0.334 e. The van der Waals surface area contributed by atoms with Gasteiger partial charge >= 0.3 is 5.97 Å². The molecule has 5 aliphatic rings. The van der Waals surface area contributed by atoms with Crippen molar-refractivity contribution in [3.05, 3.63) is 11.8 Å². The van der Waals surface area contributed by atoms with Gasteiger partial charge in [0.15, 0.2) is 0 Å². The third-order valence-electron chi connectivity index (χ3n) is 6.19. The minimum atomic E-state index is -0.807. The van der Waals surface area contributed by atoms with Crippen molar-refractivity contribution in [2.75, 3.05) is 13.2 Å². The van der Waals surface area contributed by atoms with Crippen LogP contribution >= 0.6 is 0 Å². The lowest BCUT2D eigenvalue weighted by Crippen LogP contribution is -2.46. The van der Waals surface area contributed by atoms with Crippen LogP contribution in [-0.4, -0.2) is 30.4 Å². The van der Waals surface area contributed by atoms with E-state index in [1.165, 1.54) is 44.8 Å². The first kappa shape index (κ1) is 14.6. The quantitative estimate of drug-likeness (QED) is 0.339. The molecular weight excluding hydrogens is 280 g/mol. The van der Waals surface area contributed by atoms with E-state index in [2.05, 4.69) is 0 Å². The standard InChI is InChI=1S/C18H26O4/c19-17(20)15(10-21-2-1-16-11-22-16)9-18-6-12-3-13(7-18)5-14(4-12)8-18/h10,12-14,16H,1-9,11H2,(H,19,20).